The Morgan fingerprint density at radius 1 is 1.67 bits per heavy atom. The SMILES string of the molecule is C[C@@H](O)CNC(=O)C1SCCS1. The van der Waals surface area contributed by atoms with Crippen molar-refractivity contribution in [2.75, 3.05) is 18.1 Å². The summed E-state index contributed by atoms with van der Waals surface area (Å²) in [5, 5.41) is 11.6. The van der Waals surface area contributed by atoms with E-state index in [1.54, 1.807) is 30.4 Å². The molecule has 0 radical (unpaired) electrons. The Balaban J connectivity index is 2.18. The van der Waals surface area contributed by atoms with Crippen molar-refractivity contribution >= 4 is 29.4 Å². The van der Waals surface area contributed by atoms with Gasteiger partial charge in [-0.05, 0) is 6.92 Å². The van der Waals surface area contributed by atoms with Gasteiger partial charge in [-0.2, -0.15) is 0 Å². The molecule has 12 heavy (non-hydrogen) atoms. The lowest BCUT2D eigenvalue weighted by Gasteiger charge is -2.10. The van der Waals surface area contributed by atoms with Crippen molar-refractivity contribution in [1.82, 2.24) is 5.32 Å². The maximum atomic E-state index is 11.3. The average molecular weight is 207 g/mol. The van der Waals surface area contributed by atoms with Crippen LogP contribution in [0.5, 0.6) is 0 Å². The summed E-state index contributed by atoms with van der Waals surface area (Å²) >= 11 is 3.34. The van der Waals surface area contributed by atoms with Crippen molar-refractivity contribution < 1.29 is 9.90 Å². The Morgan fingerprint density at radius 3 is 2.75 bits per heavy atom. The van der Waals surface area contributed by atoms with Crippen molar-refractivity contribution in [2.45, 2.75) is 17.6 Å². The van der Waals surface area contributed by atoms with Gasteiger partial charge in [-0.3, -0.25) is 4.79 Å². The number of thioether (sulfide) groups is 2. The predicted octanol–water partition coefficient (Wildman–Crippen LogP) is 0.290. The summed E-state index contributed by atoms with van der Waals surface area (Å²) < 4.78 is 0.0451. The fraction of sp³-hybridized carbons (Fsp3) is 0.857. The Kier molecular flexibility index (Phi) is 4.25. The lowest BCUT2D eigenvalue weighted by Crippen LogP contribution is -2.34. The second-order valence-corrected chi connectivity index (χ2v) is 5.39. The summed E-state index contributed by atoms with van der Waals surface area (Å²) in [6.07, 6.45) is -0.453. The van der Waals surface area contributed by atoms with Crippen molar-refractivity contribution in [1.29, 1.82) is 0 Å². The first-order valence-corrected chi connectivity index (χ1v) is 5.99. The van der Waals surface area contributed by atoms with Crippen LogP contribution in [-0.4, -0.2) is 39.8 Å². The van der Waals surface area contributed by atoms with E-state index in [4.69, 9.17) is 5.11 Å². The van der Waals surface area contributed by atoms with Crippen LogP contribution >= 0.6 is 23.5 Å². The molecule has 1 atom stereocenters. The number of hydrogen-bond acceptors (Lipinski definition) is 4. The number of nitrogens with one attached hydrogen (secondary N) is 1. The highest BCUT2D eigenvalue weighted by molar-refractivity contribution is 8.21. The molecule has 2 N–H and O–H groups in total. The summed E-state index contributed by atoms with van der Waals surface area (Å²) in [7, 11) is 0. The van der Waals surface area contributed by atoms with Gasteiger partial charge >= 0.3 is 0 Å². The highest BCUT2D eigenvalue weighted by Gasteiger charge is 2.23. The molecule has 0 aromatic carbocycles. The number of aliphatic hydroxyl groups is 1. The molecule has 1 rings (SSSR count). The van der Waals surface area contributed by atoms with E-state index in [0.29, 0.717) is 6.54 Å². The van der Waals surface area contributed by atoms with Gasteiger partial charge in [0.05, 0.1) is 6.10 Å². The van der Waals surface area contributed by atoms with Crippen LogP contribution in [0.1, 0.15) is 6.92 Å². The molecule has 0 aromatic heterocycles. The van der Waals surface area contributed by atoms with Crippen LogP contribution in [0.15, 0.2) is 0 Å². The number of hydrogen-bond donors (Lipinski definition) is 2. The molecule has 0 spiro atoms. The summed E-state index contributed by atoms with van der Waals surface area (Å²) in [5.41, 5.74) is 0. The molecule has 0 saturated carbocycles. The van der Waals surface area contributed by atoms with Gasteiger partial charge < -0.3 is 10.4 Å². The molecular weight excluding hydrogens is 194 g/mol. The van der Waals surface area contributed by atoms with Crippen molar-refractivity contribution in [3.63, 3.8) is 0 Å². The molecule has 5 heteroatoms. The minimum atomic E-state index is -0.453. The number of amides is 1. The molecule has 1 heterocycles. The zero-order valence-corrected chi connectivity index (χ0v) is 8.58. The first kappa shape index (κ1) is 10.2. The van der Waals surface area contributed by atoms with Crippen LogP contribution in [0.2, 0.25) is 0 Å². The summed E-state index contributed by atoms with van der Waals surface area (Å²) in [6.45, 7) is 2.02. The van der Waals surface area contributed by atoms with Crippen molar-refractivity contribution in [2.24, 2.45) is 0 Å². The minimum Gasteiger partial charge on any atom is -0.392 e. The molecule has 0 bridgehead atoms. The summed E-state index contributed by atoms with van der Waals surface area (Å²) in [6, 6.07) is 0. The van der Waals surface area contributed by atoms with E-state index in [1.807, 2.05) is 0 Å². The molecule has 1 aliphatic heterocycles. The van der Waals surface area contributed by atoms with Gasteiger partial charge in [0, 0.05) is 18.1 Å². The lowest BCUT2D eigenvalue weighted by atomic mass is 10.4. The van der Waals surface area contributed by atoms with Crippen LogP contribution in [-0.2, 0) is 4.79 Å². The average Bonchev–Trinajstić information content (AvgIpc) is 2.51. The van der Waals surface area contributed by atoms with Crippen LogP contribution < -0.4 is 5.32 Å². The van der Waals surface area contributed by atoms with Gasteiger partial charge in [0.15, 0.2) is 0 Å². The predicted molar refractivity (Wildman–Crippen MR) is 53.4 cm³/mol. The molecule has 1 amide bonds. The number of carbonyl (C=O) groups is 1. The van der Waals surface area contributed by atoms with Crippen LogP contribution in [0.3, 0.4) is 0 Å². The van der Waals surface area contributed by atoms with E-state index in [9.17, 15) is 4.79 Å². The molecule has 1 aliphatic rings. The Bertz CT molecular complexity index is 157. The first-order chi connectivity index (χ1) is 5.70. The Labute approximate surface area is 80.7 Å². The third-order valence-corrected chi connectivity index (χ3v) is 4.40. The first-order valence-electron chi connectivity index (χ1n) is 3.89. The molecule has 1 saturated heterocycles. The highest BCUT2D eigenvalue weighted by Crippen LogP contribution is 2.31. The van der Waals surface area contributed by atoms with Crippen LogP contribution in [0.25, 0.3) is 0 Å². The van der Waals surface area contributed by atoms with E-state index >= 15 is 0 Å². The lowest BCUT2D eigenvalue weighted by molar-refractivity contribution is -0.119. The molecule has 0 aromatic rings. The smallest absolute Gasteiger partial charge is 0.243 e. The molecule has 0 aliphatic carbocycles. The topological polar surface area (TPSA) is 49.3 Å². The van der Waals surface area contributed by atoms with Gasteiger partial charge in [0.1, 0.15) is 4.58 Å². The van der Waals surface area contributed by atoms with Gasteiger partial charge in [-0.15, -0.1) is 23.5 Å². The standard InChI is InChI=1S/C7H13NO2S2/c1-5(9)4-8-6(10)7-11-2-3-12-7/h5,7,9H,2-4H2,1H3,(H,8,10)/t5-/m1/s1. The molecular formula is C7H13NO2S2. The zero-order valence-electron chi connectivity index (χ0n) is 6.95. The van der Waals surface area contributed by atoms with Crippen molar-refractivity contribution in [3.8, 4) is 0 Å². The van der Waals surface area contributed by atoms with Crippen LogP contribution in [0, 0.1) is 0 Å². The molecule has 3 nitrogen and oxygen atoms in total. The largest absolute Gasteiger partial charge is 0.392 e. The monoisotopic (exact) mass is 207 g/mol. The fourth-order valence-corrected chi connectivity index (χ4v) is 3.47. The third kappa shape index (κ3) is 3.25. The van der Waals surface area contributed by atoms with E-state index < -0.39 is 6.10 Å². The summed E-state index contributed by atoms with van der Waals surface area (Å²) in [4.78, 5) is 11.3. The van der Waals surface area contributed by atoms with Gasteiger partial charge in [-0.1, -0.05) is 0 Å². The second-order valence-electron chi connectivity index (χ2n) is 2.67. The van der Waals surface area contributed by atoms with E-state index in [-0.39, 0.29) is 10.5 Å². The molecule has 1 fully saturated rings. The molecule has 0 unspecified atom stereocenters. The minimum absolute atomic E-state index is 0.0448. The van der Waals surface area contributed by atoms with Gasteiger partial charge in [0.25, 0.3) is 0 Å². The van der Waals surface area contributed by atoms with Gasteiger partial charge in [-0.25, -0.2) is 0 Å². The highest BCUT2D eigenvalue weighted by atomic mass is 32.2. The van der Waals surface area contributed by atoms with Gasteiger partial charge in [0.2, 0.25) is 5.91 Å². The zero-order chi connectivity index (χ0) is 8.97. The molecule has 70 valence electrons. The second kappa shape index (κ2) is 4.99. The normalized spacial score (nSPS) is 20.8. The van der Waals surface area contributed by atoms with Crippen LogP contribution in [0.4, 0.5) is 0 Å². The van der Waals surface area contributed by atoms with E-state index in [1.165, 1.54) is 0 Å². The number of carbonyl (C=O) groups excluding carboxylic acids is 1. The van der Waals surface area contributed by atoms with Crippen molar-refractivity contribution in [3.05, 3.63) is 0 Å². The quantitative estimate of drug-likeness (QED) is 0.698. The maximum absolute atomic E-state index is 11.3. The van der Waals surface area contributed by atoms with E-state index in [2.05, 4.69) is 5.32 Å². The number of rotatable bonds is 3. The fourth-order valence-electron chi connectivity index (χ4n) is 0.841. The Morgan fingerprint density at radius 2 is 2.25 bits per heavy atom. The third-order valence-electron chi connectivity index (χ3n) is 1.41. The summed E-state index contributed by atoms with van der Waals surface area (Å²) in [5.74, 6) is 2.15. The number of aliphatic hydroxyl groups excluding tert-OH is 1. The maximum Gasteiger partial charge on any atom is 0.243 e. The Hall–Kier alpha value is 0.130. The van der Waals surface area contributed by atoms with E-state index in [0.717, 1.165) is 11.5 Å².